The van der Waals surface area contributed by atoms with Crippen LogP contribution in [-0.2, 0) is 9.59 Å². The maximum absolute atomic E-state index is 11.5. The van der Waals surface area contributed by atoms with E-state index in [1.54, 1.807) is 6.92 Å². The molecule has 7 heteroatoms. The van der Waals surface area contributed by atoms with Gasteiger partial charge in [-0.15, -0.1) is 6.42 Å². The van der Waals surface area contributed by atoms with Crippen LogP contribution in [0.3, 0.4) is 0 Å². The molecule has 0 aliphatic heterocycles. The highest BCUT2D eigenvalue weighted by Gasteiger charge is 2.20. The predicted octanol–water partition coefficient (Wildman–Crippen LogP) is 0.406. The Kier molecular flexibility index (Phi) is 7.77. The van der Waals surface area contributed by atoms with Crippen LogP contribution >= 0.6 is 0 Å². The molecule has 2 amide bonds. The van der Waals surface area contributed by atoms with Gasteiger partial charge in [0.2, 0.25) is 0 Å². The number of carboxylic acid groups (broad SMARTS) is 2. The van der Waals surface area contributed by atoms with Crippen LogP contribution in [-0.4, -0.2) is 40.3 Å². The molecule has 1 unspecified atom stereocenters. The van der Waals surface area contributed by atoms with E-state index in [4.69, 9.17) is 16.6 Å². The summed E-state index contributed by atoms with van der Waals surface area (Å²) < 4.78 is 0. The summed E-state index contributed by atoms with van der Waals surface area (Å²) in [7, 11) is 0. The molecule has 0 rings (SSSR count). The van der Waals surface area contributed by atoms with Gasteiger partial charge in [-0.05, 0) is 19.3 Å². The Labute approximate surface area is 111 Å². The van der Waals surface area contributed by atoms with Crippen molar-refractivity contribution in [2.75, 3.05) is 0 Å². The van der Waals surface area contributed by atoms with Gasteiger partial charge in [-0.2, -0.15) is 0 Å². The molecule has 0 aromatic carbocycles. The average molecular weight is 270 g/mol. The lowest BCUT2D eigenvalue weighted by Gasteiger charge is -2.16. The van der Waals surface area contributed by atoms with Gasteiger partial charge in [0.25, 0.3) is 0 Å². The highest BCUT2D eigenvalue weighted by molar-refractivity contribution is 5.82. The Morgan fingerprint density at radius 2 is 1.89 bits per heavy atom. The van der Waals surface area contributed by atoms with Crippen molar-refractivity contribution in [3.63, 3.8) is 0 Å². The molecule has 0 radical (unpaired) electrons. The van der Waals surface area contributed by atoms with Gasteiger partial charge in [0.1, 0.15) is 6.04 Å². The van der Waals surface area contributed by atoms with Crippen LogP contribution in [0.5, 0.6) is 0 Å². The number of carbonyl (C=O) groups is 3. The van der Waals surface area contributed by atoms with Crippen LogP contribution in [0.15, 0.2) is 0 Å². The molecule has 0 spiro atoms. The molecule has 0 aliphatic carbocycles. The third-order valence-electron chi connectivity index (χ3n) is 2.40. The van der Waals surface area contributed by atoms with Crippen LogP contribution < -0.4 is 10.6 Å². The van der Waals surface area contributed by atoms with E-state index in [2.05, 4.69) is 16.6 Å². The fourth-order valence-corrected chi connectivity index (χ4v) is 1.33. The van der Waals surface area contributed by atoms with Gasteiger partial charge in [-0.3, -0.25) is 4.79 Å². The fraction of sp³-hybridized carbons (Fsp3) is 0.583. The number of hydrogen-bond donors (Lipinski definition) is 4. The lowest BCUT2D eigenvalue weighted by atomic mass is 10.1. The molecule has 4 N–H and O–H groups in total. The van der Waals surface area contributed by atoms with Crippen molar-refractivity contribution in [1.29, 1.82) is 0 Å². The normalized spacial score (nSPS) is 12.8. The van der Waals surface area contributed by atoms with Crippen LogP contribution in [0.25, 0.3) is 0 Å². The van der Waals surface area contributed by atoms with Crippen LogP contribution in [0.2, 0.25) is 0 Å². The molecule has 19 heavy (non-hydrogen) atoms. The molecular weight excluding hydrogens is 252 g/mol. The number of urea groups is 1. The summed E-state index contributed by atoms with van der Waals surface area (Å²) in [5.74, 6) is 0.125. The van der Waals surface area contributed by atoms with Crippen LogP contribution in [0.1, 0.15) is 32.6 Å². The second kappa shape index (κ2) is 8.80. The first-order valence-corrected chi connectivity index (χ1v) is 5.88. The summed E-state index contributed by atoms with van der Waals surface area (Å²) >= 11 is 0. The number of amides is 2. The van der Waals surface area contributed by atoms with Crippen molar-refractivity contribution < 1.29 is 24.6 Å². The second-order valence-electron chi connectivity index (χ2n) is 3.92. The van der Waals surface area contributed by atoms with Gasteiger partial charge in [-0.25, -0.2) is 9.59 Å². The van der Waals surface area contributed by atoms with Crippen molar-refractivity contribution in [2.24, 2.45) is 0 Å². The number of rotatable bonds is 8. The summed E-state index contributed by atoms with van der Waals surface area (Å²) in [6, 6.07) is -2.27. The fourth-order valence-electron chi connectivity index (χ4n) is 1.33. The summed E-state index contributed by atoms with van der Waals surface area (Å²) in [5.41, 5.74) is 0. The van der Waals surface area contributed by atoms with Crippen molar-refractivity contribution in [1.82, 2.24) is 10.6 Å². The van der Waals surface area contributed by atoms with Gasteiger partial charge in [0, 0.05) is 6.42 Å². The lowest BCUT2D eigenvalue weighted by Crippen LogP contribution is -2.48. The third kappa shape index (κ3) is 7.65. The minimum atomic E-state index is -1.21. The molecule has 0 saturated heterocycles. The van der Waals surface area contributed by atoms with Crippen molar-refractivity contribution >= 4 is 18.0 Å². The lowest BCUT2D eigenvalue weighted by molar-refractivity contribution is -0.140. The van der Waals surface area contributed by atoms with E-state index >= 15 is 0 Å². The molecule has 106 valence electrons. The van der Waals surface area contributed by atoms with Gasteiger partial charge in [0.05, 0.1) is 6.04 Å². The Bertz CT molecular complexity index is 375. The topological polar surface area (TPSA) is 116 Å². The number of nitrogens with one attached hydrogen (secondary N) is 2. The Morgan fingerprint density at radius 1 is 1.26 bits per heavy atom. The Hall–Kier alpha value is -2.23. The number of aliphatic carboxylic acids is 2. The van der Waals surface area contributed by atoms with E-state index in [-0.39, 0.29) is 19.3 Å². The molecule has 0 aromatic heterocycles. The molecular formula is C12H18N2O5. The first-order chi connectivity index (χ1) is 8.90. The van der Waals surface area contributed by atoms with Crippen molar-refractivity contribution in [3.8, 4) is 12.3 Å². The van der Waals surface area contributed by atoms with Crippen molar-refractivity contribution in [2.45, 2.75) is 44.7 Å². The molecule has 0 heterocycles. The van der Waals surface area contributed by atoms with E-state index in [0.29, 0.717) is 6.42 Å². The van der Waals surface area contributed by atoms with Gasteiger partial charge in [0.15, 0.2) is 0 Å². The van der Waals surface area contributed by atoms with Crippen LogP contribution in [0, 0.1) is 12.3 Å². The van der Waals surface area contributed by atoms with Crippen molar-refractivity contribution in [3.05, 3.63) is 0 Å². The molecule has 2 atom stereocenters. The maximum Gasteiger partial charge on any atom is 0.326 e. The summed E-state index contributed by atoms with van der Waals surface area (Å²) in [4.78, 5) is 32.7. The van der Waals surface area contributed by atoms with E-state index < -0.39 is 30.1 Å². The minimum Gasteiger partial charge on any atom is -0.481 e. The highest BCUT2D eigenvalue weighted by atomic mass is 16.4. The first-order valence-electron chi connectivity index (χ1n) is 5.88. The van der Waals surface area contributed by atoms with Gasteiger partial charge >= 0.3 is 18.0 Å². The first kappa shape index (κ1) is 16.8. The second-order valence-corrected chi connectivity index (χ2v) is 3.92. The zero-order chi connectivity index (χ0) is 14.8. The zero-order valence-electron chi connectivity index (χ0n) is 10.7. The standard InChI is InChI=1S/C12H18N2O5/c1-3-8(4-2)13-12(19)14-9(11(17)18)6-5-7-10(15)16/h1,8-9H,4-7H2,2H3,(H,15,16)(H,17,18)(H2,13,14,19)/t8?,9-/m1/s1. The smallest absolute Gasteiger partial charge is 0.326 e. The molecule has 0 bridgehead atoms. The summed E-state index contributed by atoms with van der Waals surface area (Å²) in [6.07, 6.45) is 5.76. The summed E-state index contributed by atoms with van der Waals surface area (Å²) in [6.45, 7) is 1.78. The molecule has 0 aliphatic rings. The Morgan fingerprint density at radius 3 is 2.32 bits per heavy atom. The number of hydrogen-bond acceptors (Lipinski definition) is 3. The van der Waals surface area contributed by atoms with E-state index in [0.717, 1.165) is 0 Å². The zero-order valence-corrected chi connectivity index (χ0v) is 10.7. The van der Waals surface area contributed by atoms with E-state index in [1.807, 2.05) is 0 Å². The molecule has 0 aromatic rings. The van der Waals surface area contributed by atoms with Crippen LogP contribution in [0.4, 0.5) is 4.79 Å². The largest absolute Gasteiger partial charge is 0.481 e. The van der Waals surface area contributed by atoms with E-state index in [1.165, 1.54) is 0 Å². The average Bonchev–Trinajstić information content (AvgIpc) is 2.34. The molecule has 0 saturated carbocycles. The third-order valence-corrected chi connectivity index (χ3v) is 2.40. The quantitative estimate of drug-likeness (QED) is 0.477. The monoisotopic (exact) mass is 270 g/mol. The maximum atomic E-state index is 11.5. The summed E-state index contributed by atoms with van der Waals surface area (Å²) in [5, 5.41) is 22.1. The SMILES string of the molecule is C#CC(CC)NC(=O)N[C@H](CCCC(=O)O)C(=O)O. The highest BCUT2D eigenvalue weighted by Crippen LogP contribution is 2.02. The number of terminal acetylenes is 1. The minimum absolute atomic E-state index is 0.0436. The Balaban J connectivity index is 4.27. The van der Waals surface area contributed by atoms with E-state index in [9.17, 15) is 14.4 Å². The predicted molar refractivity (Wildman–Crippen MR) is 67.5 cm³/mol. The molecule has 0 fully saturated rings. The number of carbonyl (C=O) groups excluding carboxylic acids is 1. The molecule has 7 nitrogen and oxygen atoms in total. The number of carboxylic acids is 2. The van der Waals surface area contributed by atoms with Gasteiger partial charge < -0.3 is 20.8 Å². The van der Waals surface area contributed by atoms with Gasteiger partial charge in [-0.1, -0.05) is 12.8 Å².